The number of carbonyl (C=O) groups excluding carboxylic acids is 2. The van der Waals surface area contributed by atoms with Gasteiger partial charge in [0, 0.05) is 24.8 Å². The van der Waals surface area contributed by atoms with Gasteiger partial charge in [-0.2, -0.15) is 4.31 Å². The van der Waals surface area contributed by atoms with Crippen molar-refractivity contribution in [2.45, 2.75) is 24.7 Å². The van der Waals surface area contributed by atoms with Gasteiger partial charge in [0.25, 0.3) is 5.91 Å². The Bertz CT molecular complexity index is 1140. The highest BCUT2D eigenvalue weighted by Gasteiger charge is 2.33. The molecular formula is C23H26N2O7S. The number of piperidine rings is 1. The van der Waals surface area contributed by atoms with Crippen LogP contribution < -0.4 is 14.8 Å². The van der Waals surface area contributed by atoms with Gasteiger partial charge in [-0.15, -0.1) is 0 Å². The molecule has 0 aromatic heterocycles. The lowest BCUT2D eigenvalue weighted by molar-refractivity contribution is -0.152. The van der Waals surface area contributed by atoms with Crippen LogP contribution in [0.1, 0.15) is 18.4 Å². The summed E-state index contributed by atoms with van der Waals surface area (Å²) >= 11 is 0. The maximum atomic E-state index is 13.0. The fraction of sp³-hybridized carbons (Fsp3) is 0.391. The molecule has 2 aromatic rings. The zero-order chi connectivity index (χ0) is 23.4. The fourth-order valence-electron chi connectivity index (χ4n) is 3.82. The summed E-state index contributed by atoms with van der Waals surface area (Å²) in [5.41, 5.74) is 1.57. The summed E-state index contributed by atoms with van der Waals surface area (Å²) in [6.07, 6.45) is 0.643. The van der Waals surface area contributed by atoms with Crippen molar-refractivity contribution in [3.8, 4) is 11.5 Å². The molecule has 1 saturated heterocycles. The Labute approximate surface area is 192 Å². The number of para-hydroxylation sites is 1. The molecule has 176 valence electrons. The van der Waals surface area contributed by atoms with E-state index in [0.717, 1.165) is 5.56 Å². The van der Waals surface area contributed by atoms with Crippen LogP contribution in [0, 0.1) is 12.8 Å². The number of nitrogens with one attached hydrogen (secondary N) is 1. The van der Waals surface area contributed by atoms with E-state index in [0.29, 0.717) is 43.2 Å². The first-order valence-electron chi connectivity index (χ1n) is 10.8. The number of benzene rings is 2. The van der Waals surface area contributed by atoms with E-state index < -0.39 is 27.8 Å². The number of anilines is 1. The number of nitrogens with zero attached hydrogens (tertiary/aromatic N) is 1. The number of amides is 1. The van der Waals surface area contributed by atoms with Crippen LogP contribution in [0.5, 0.6) is 11.5 Å². The molecule has 33 heavy (non-hydrogen) atoms. The lowest BCUT2D eigenvalue weighted by Crippen LogP contribution is -2.41. The number of aryl methyl sites for hydroxylation is 1. The average Bonchev–Trinajstić information content (AvgIpc) is 2.83. The molecule has 1 N–H and O–H groups in total. The number of hydrogen-bond donors (Lipinski definition) is 1. The standard InChI is InChI=1S/C23H26N2O7S/c1-16-4-2-3-5-19(16)24-22(26)15-32-23(27)17-8-10-25(11-9-17)33(28,29)18-6-7-20-21(14-18)31-13-12-30-20/h2-7,14,17H,8-13,15H2,1H3,(H,24,26). The Balaban J connectivity index is 1.28. The highest BCUT2D eigenvalue weighted by molar-refractivity contribution is 7.89. The summed E-state index contributed by atoms with van der Waals surface area (Å²) in [6.45, 7) is 2.65. The first kappa shape index (κ1) is 23.1. The molecule has 10 heteroatoms. The number of sulfonamides is 1. The van der Waals surface area contributed by atoms with Gasteiger partial charge >= 0.3 is 5.97 Å². The molecule has 0 unspecified atom stereocenters. The Morgan fingerprint density at radius 1 is 1.06 bits per heavy atom. The lowest BCUT2D eigenvalue weighted by atomic mass is 9.98. The van der Waals surface area contributed by atoms with Crippen LogP contribution in [0.4, 0.5) is 5.69 Å². The van der Waals surface area contributed by atoms with E-state index in [1.54, 1.807) is 18.2 Å². The maximum Gasteiger partial charge on any atom is 0.309 e. The highest BCUT2D eigenvalue weighted by Crippen LogP contribution is 2.34. The molecule has 2 aliphatic rings. The van der Waals surface area contributed by atoms with Crippen molar-refractivity contribution in [2.24, 2.45) is 5.92 Å². The van der Waals surface area contributed by atoms with Crippen LogP contribution in [0.15, 0.2) is 47.4 Å². The highest BCUT2D eigenvalue weighted by atomic mass is 32.2. The van der Waals surface area contributed by atoms with Crippen LogP contribution in [-0.4, -0.2) is 57.5 Å². The van der Waals surface area contributed by atoms with Crippen LogP contribution in [0.25, 0.3) is 0 Å². The third-order valence-electron chi connectivity index (χ3n) is 5.70. The van der Waals surface area contributed by atoms with Gasteiger partial charge in [0.05, 0.1) is 10.8 Å². The number of hydrogen-bond acceptors (Lipinski definition) is 7. The van der Waals surface area contributed by atoms with Gasteiger partial charge < -0.3 is 19.5 Å². The second kappa shape index (κ2) is 9.80. The Morgan fingerprint density at radius 2 is 1.76 bits per heavy atom. The fourth-order valence-corrected chi connectivity index (χ4v) is 5.30. The summed E-state index contributed by atoms with van der Waals surface area (Å²) in [7, 11) is -3.73. The molecule has 2 heterocycles. The molecular weight excluding hydrogens is 448 g/mol. The molecule has 0 bridgehead atoms. The largest absolute Gasteiger partial charge is 0.486 e. The molecule has 1 amide bonds. The molecule has 0 atom stereocenters. The molecule has 0 saturated carbocycles. The lowest BCUT2D eigenvalue weighted by Gasteiger charge is -2.30. The van der Waals surface area contributed by atoms with Crippen molar-refractivity contribution < 1.29 is 32.2 Å². The van der Waals surface area contributed by atoms with Gasteiger partial charge in [-0.1, -0.05) is 18.2 Å². The van der Waals surface area contributed by atoms with E-state index in [9.17, 15) is 18.0 Å². The Kier molecular flexibility index (Phi) is 6.85. The minimum Gasteiger partial charge on any atom is -0.486 e. The second-order valence-corrected chi connectivity index (χ2v) is 9.89. The summed E-state index contributed by atoms with van der Waals surface area (Å²) in [5, 5.41) is 2.71. The minimum atomic E-state index is -3.73. The third kappa shape index (κ3) is 5.28. The molecule has 1 fully saturated rings. The van der Waals surface area contributed by atoms with E-state index in [1.165, 1.54) is 16.4 Å². The minimum absolute atomic E-state index is 0.126. The van der Waals surface area contributed by atoms with E-state index in [-0.39, 0.29) is 24.6 Å². The Morgan fingerprint density at radius 3 is 2.48 bits per heavy atom. The van der Waals surface area contributed by atoms with Crippen molar-refractivity contribution in [1.82, 2.24) is 4.31 Å². The molecule has 0 radical (unpaired) electrons. The quantitative estimate of drug-likeness (QED) is 0.640. The summed E-state index contributed by atoms with van der Waals surface area (Å²) in [4.78, 5) is 24.6. The van der Waals surface area contributed by atoms with Crippen molar-refractivity contribution in [1.29, 1.82) is 0 Å². The first-order valence-corrected chi connectivity index (χ1v) is 12.2. The number of rotatable bonds is 6. The van der Waals surface area contributed by atoms with E-state index in [2.05, 4.69) is 5.32 Å². The molecule has 0 aliphatic carbocycles. The number of esters is 1. The summed E-state index contributed by atoms with van der Waals surface area (Å²) in [5.74, 6) is -0.441. The monoisotopic (exact) mass is 474 g/mol. The van der Waals surface area contributed by atoms with Crippen LogP contribution in [0.3, 0.4) is 0 Å². The Hall–Kier alpha value is -3.11. The zero-order valence-electron chi connectivity index (χ0n) is 18.3. The van der Waals surface area contributed by atoms with Gasteiger partial charge in [0.2, 0.25) is 10.0 Å². The van der Waals surface area contributed by atoms with Crippen molar-refractivity contribution in [3.63, 3.8) is 0 Å². The van der Waals surface area contributed by atoms with Crippen molar-refractivity contribution in [3.05, 3.63) is 48.0 Å². The van der Waals surface area contributed by atoms with Gasteiger partial charge in [0.1, 0.15) is 13.2 Å². The number of fused-ring (bicyclic) bond motifs is 1. The summed E-state index contributed by atoms with van der Waals surface area (Å²) < 4.78 is 43.5. The molecule has 2 aromatic carbocycles. The van der Waals surface area contributed by atoms with Crippen molar-refractivity contribution >= 4 is 27.6 Å². The smallest absolute Gasteiger partial charge is 0.309 e. The molecule has 2 aliphatic heterocycles. The maximum absolute atomic E-state index is 13.0. The predicted molar refractivity (Wildman–Crippen MR) is 120 cm³/mol. The average molecular weight is 475 g/mol. The SMILES string of the molecule is Cc1ccccc1NC(=O)COC(=O)C1CCN(S(=O)(=O)c2ccc3c(c2)OCCO3)CC1. The third-order valence-corrected chi connectivity index (χ3v) is 7.60. The van der Waals surface area contributed by atoms with Gasteiger partial charge in [-0.3, -0.25) is 9.59 Å². The molecule has 9 nitrogen and oxygen atoms in total. The van der Waals surface area contributed by atoms with E-state index >= 15 is 0 Å². The zero-order valence-corrected chi connectivity index (χ0v) is 19.1. The first-order chi connectivity index (χ1) is 15.8. The normalized spacial score (nSPS) is 16.8. The van der Waals surface area contributed by atoms with E-state index in [1.807, 2.05) is 19.1 Å². The van der Waals surface area contributed by atoms with Gasteiger partial charge in [0.15, 0.2) is 18.1 Å². The summed E-state index contributed by atoms with van der Waals surface area (Å²) in [6, 6.07) is 11.9. The van der Waals surface area contributed by atoms with Gasteiger partial charge in [-0.25, -0.2) is 8.42 Å². The van der Waals surface area contributed by atoms with Gasteiger partial charge in [-0.05, 0) is 43.5 Å². The second-order valence-electron chi connectivity index (χ2n) is 7.95. The molecule has 0 spiro atoms. The van der Waals surface area contributed by atoms with Crippen molar-refractivity contribution in [2.75, 3.05) is 38.2 Å². The van der Waals surface area contributed by atoms with Crippen LogP contribution in [0.2, 0.25) is 0 Å². The molecule has 4 rings (SSSR count). The predicted octanol–water partition coefficient (Wildman–Crippen LogP) is 2.35. The van der Waals surface area contributed by atoms with Crippen LogP contribution >= 0.6 is 0 Å². The van der Waals surface area contributed by atoms with Crippen LogP contribution in [-0.2, 0) is 24.3 Å². The number of ether oxygens (including phenoxy) is 3. The topological polar surface area (TPSA) is 111 Å². The number of carbonyl (C=O) groups is 2. The van der Waals surface area contributed by atoms with E-state index in [4.69, 9.17) is 14.2 Å².